The lowest BCUT2D eigenvalue weighted by Crippen LogP contribution is -2.20. The van der Waals surface area contributed by atoms with Gasteiger partial charge in [0.25, 0.3) is 5.91 Å². The van der Waals surface area contributed by atoms with Crippen LogP contribution in [0, 0.1) is 0 Å². The highest BCUT2D eigenvalue weighted by Gasteiger charge is 2.10. The first-order valence-corrected chi connectivity index (χ1v) is 2.64. The first-order chi connectivity index (χ1) is 3.80. The third kappa shape index (κ3) is 0.857. The molecular weight excluding hydrogens is 104 g/mol. The van der Waals surface area contributed by atoms with Gasteiger partial charge in [-0.2, -0.15) is 0 Å². The van der Waals surface area contributed by atoms with Crippen molar-refractivity contribution >= 4 is 11.6 Å². The molecule has 0 radical (unpaired) electrons. The number of nitrogens with zero attached hydrogens (tertiary/aromatic N) is 1. The normalized spacial score (nSPS) is 18.2. The molecule has 2 N–H and O–H groups in total. The number of primary amides is 1. The molecule has 0 saturated heterocycles. The average molecular weight is 112 g/mol. The summed E-state index contributed by atoms with van der Waals surface area (Å²) in [5.74, 6) is -0.359. The van der Waals surface area contributed by atoms with Gasteiger partial charge >= 0.3 is 0 Å². The summed E-state index contributed by atoms with van der Waals surface area (Å²) >= 11 is 0. The second-order valence-electron chi connectivity index (χ2n) is 1.80. The third-order valence-corrected chi connectivity index (χ3v) is 1.16. The Labute approximate surface area is 47.6 Å². The Morgan fingerprint density at radius 3 is 2.75 bits per heavy atom. The molecule has 3 heteroatoms. The van der Waals surface area contributed by atoms with Crippen LogP contribution < -0.4 is 5.73 Å². The van der Waals surface area contributed by atoms with Crippen molar-refractivity contribution in [2.75, 3.05) is 6.54 Å². The van der Waals surface area contributed by atoms with Gasteiger partial charge in [-0.3, -0.25) is 9.79 Å². The van der Waals surface area contributed by atoms with E-state index in [1.54, 1.807) is 0 Å². The van der Waals surface area contributed by atoms with E-state index in [9.17, 15) is 4.79 Å². The second kappa shape index (κ2) is 1.94. The molecule has 0 unspecified atom stereocenters. The van der Waals surface area contributed by atoms with Crippen LogP contribution in [-0.4, -0.2) is 18.2 Å². The van der Waals surface area contributed by atoms with E-state index in [0.29, 0.717) is 5.71 Å². The van der Waals surface area contributed by atoms with Crippen molar-refractivity contribution in [1.29, 1.82) is 0 Å². The van der Waals surface area contributed by atoms with Crippen molar-refractivity contribution in [3.8, 4) is 0 Å². The van der Waals surface area contributed by atoms with Crippen LogP contribution in [0.5, 0.6) is 0 Å². The molecule has 0 aromatic rings. The highest BCUT2D eigenvalue weighted by molar-refractivity contribution is 6.38. The third-order valence-electron chi connectivity index (χ3n) is 1.16. The van der Waals surface area contributed by atoms with E-state index in [4.69, 9.17) is 5.73 Å². The Morgan fingerprint density at radius 2 is 2.50 bits per heavy atom. The Balaban J connectivity index is 2.57. The van der Waals surface area contributed by atoms with Crippen LogP contribution in [0.4, 0.5) is 0 Å². The summed E-state index contributed by atoms with van der Waals surface area (Å²) in [6.07, 6.45) is 1.76. The molecule has 0 atom stereocenters. The zero-order valence-corrected chi connectivity index (χ0v) is 4.55. The molecule has 0 aromatic heterocycles. The van der Waals surface area contributed by atoms with Crippen molar-refractivity contribution in [3.63, 3.8) is 0 Å². The van der Waals surface area contributed by atoms with Crippen LogP contribution >= 0.6 is 0 Å². The van der Waals surface area contributed by atoms with Crippen LogP contribution in [0.3, 0.4) is 0 Å². The van der Waals surface area contributed by atoms with E-state index in [2.05, 4.69) is 4.99 Å². The van der Waals surface area contributed by atoms with Gasteiger partial charge in [0.15, 0.2) is 0 Å². The fraction of sp³-hybridized carbons (Fsp3) is 0.600. The smallest absolute Gasteiger partial charge is 0.262 e. The number of amides is 1. The minimum Gasteiger partial charge on any atom is -0.365 e. The molecule has 0 saturated carbocycles. The molecule has 1 heterocycles. The van der Waals surface area contributed by atoms with Gasteiger partial charge in [-0.15, -0.1) is 0 Å². The van der Waals surface area contributed by atoms with Gasteiger partial charge in [-0.1, -0.05) is 0 Å². The number of rotatable bonds is 1. The molecular formula is C5H8N2O. The molecule has 0 bridgehead atoms. The molecule has 1 aliphatic heterocycles. The van der Waals surface area contributed by atoms with Crippen LogP contribution in [0.1, 0.15) is 12.8 Å². The molecule has 0 fully saturated rings. The summed E-state index contributed by atoms with van der Waals surface area (Å²) in [5.41, 5.74) is 5.49. The quantitative estimate of drug-likeness (QED) is 0.497. The molecule has 0 aliphatic carbocycles. The molecule has 8 heavy (non-hydrogen) atoms. The monoisotopic (exact) mass is 112 g/mol. The Bertz CT molecular complexity index is 139. The average Bonchev–Trinajstić information content (AvgIpc) is 2.12. The van der Waals surface area contributed by atoms with Gasteiger partial charge in [0.2, 0.25) is 0 Å². The van der Waals surface area contributed by atoms with Crippen LogP contribution in [0.25, 0.3) is 0 Å². The molecule has 0 aromatic carbocycles. The van der Waals surface area contributed by atoms with E-state index in [0.717, 1.165) is 19.4 Å². The van der Waals surface area contributed by atoms with E-state index in [-0.39, 0.29) is 5.91 Å². The van der Waals surface area contributed by atoms with Crippen molar-refractivity contribution in [1.82, 2.24) is 0 Å². The topological polar surface area (TPSA) is 55.5 Å². The predicted octanol–water partition coefficient (Wildman–Crippen LogP) is -0.294. The van der Waals surface area contributed by atoms with Crippen molar-refractivity contribution in [3.05, 3.63) is 0 Å². The largest absolute Gasteiger partial charge is 0.365 e. The number of carbonyl (C=O) groups is 1. The lowest BCUT2D eigenvalue weighted by Gasteiger charge is -1.86. The summed E-state index contributed by atoms with van der Waals surface area (Å²) in [5, 5.41) is 0. The number of hydrogen-bond acceptors (Lipinski definition) is 2. The Kier molecular flexibility index (Phi) is 1.28. The zero-order chi connectivity index (χ0) is 5.98. The number of aliphatic imine (C=N–C) groups is 1. The van der Waals surface area contributed by atoms with Crippen molar-refractivity contribution in [2.24, 2.45) is 10.7 Å². The van der Waals surface area contributed by atoms with Crippen LogP contribution in [-0.2, 0) is 4.79 Å². The molecule has 44 valence electrons. The highest BCUT2D eigenvalue weighted by Crippen LogP contribution is 2.01. The van der Waals surface area contributed by atoms with E-state index in [1.165, 1.54) is 0 Å². The molecule has 1 aliphatic rings. The van der Waals surface area contributed by atoms with Crippen LogP contribution in [0.2, 0.25) is 0 Å². The van der Waals surface area contributed by atoms with Crippen molar-refractivity contribution < 1.29 is 4.79 Å². The molecule has 0 spiro atoms. The Morgan fingerprint density at radius 1 is 1.75 bits per heavy atom. The minimum absolute atomic E-state index is 0.359. The van der Waals surface area contributed by atoms with Gasteiger partial charge in [0.1, 0.15) is 0 Å². The van der Waals surface area contributed by atoms with E-state index in [1.807, 2.05) is 0 Å². The maximum Gasteiger partial charge on any atom is 0.262 e. The number of carbonyl (C=O) groups excluding carboxylic acids is 1. The Hall–Kier alpha value is -0.860. The lowest BCUT2D eigenvalue weighted by molar-refractivity contribution is -0.112. The summed E-state index contributed by atoms with van der Waals surface area (Å²) in [7, 11) is 0. The second-order valence-corrected chi connectivity index (χ2v) is 1.80. The van der Waals surface area contributed by atoms with Gasteiger partial charge in [-0.05, 0) is 12.8 Å². The molecule has 3 nitrogen and oxygen atoms in total. The predicted molar refractivity (Wildman–Crippen MR) is 30.7 cm³/mol. The fourth-order valence-electron chi connectivity index (χ4n) is 0.741. The maximum absolute atomic E-state index is 10.3. The van der Waals surface area contributed by atoms with Gasteiger partial charge in [0.05, 0.1) is 5.71 Å². The fourth-order valence-corrected chi connectivity index (χ4v) is 0.741. The first-order valence-electron chi connectivity index (χ1n) is 2.64. The van der Waals surface area contributed by atoms with Gasteiger partial charge < -0.3 is 5.73 Å². The standard InChI is InChI=1S/C5H8N2O/c6-5(8)4-2-1-3-7-4/h1-3H2,(H2,6,8). The lowest BCUT2D eigenvalue weighted by atomic mass is 10.2. The molecule has 1 amide bonds. The summed E-state index contributed by atoms with van der Waals surface area (Å²) < 4.78 is 0. The minimum atomic E-state index is -0.359. The molecule has 1 rings (SSSR count). The van der Waals surface area contributed by atoms with Crippen LogP contribution in [0.15, 0.2) is 4.99 Å². The van der Waals surface area contributed by atoms with Gasteiger partial charge in [0, 0.05) is 6.54 Å². The highest BCUT2D eigenvalue weighted by atomic mass is 16.1. The van der Waals surface area contributed by atoms with E-state index < -0.39 is 0 Å². The first kappa shape index (κ1) is 5.28. The maximum atomic E-state index is 10.3. The number of nitrogens with two attached hydrogens (primary N) is 1. The summed E-state index contributed by atoms with van der Waals surface area (Å²) in [6.45, 7) is 0.776. The summed E-state index contributed by atoms with van der Waals surface area (Å²) in [6, 6.07) is 0. The van der Waals surface area contributed by atoms with E-state index >= 15 is 0 Å². The van der Waals surface area contributed by atoms with Gasteiger partial charge in [-0.25, -0.2) is 0 Å². The SMILES string of the molecule is NC(=O)C1=NCCC1. The summed E-state index contributed by atoms with van der Waals surface area (Å²) in [4.78, 5) is 14.2. The van der Waals surface area contributed by atoms with Crippen molar-refractivity contribution in [2.45, 2.75) is 12.8 Å². The number of hydrogen-bond donors (Lipinski definition) is 1. The zero-order valence-electron chi connectivity index (χ0n) is 4.55.